The van der Waals surface area contributed by atoms with E-state index in [-0.39, 0.29) is 4.90 Å². The molecule has 0 unspecified atom stereocenters. The molecular formula is C20H21N3O2S. The van der Waals surface area contributed by atoms with E-state index in [4.69, 9.17) is 0 Å². The van der Waals surface area contributed by atoms with Crippen molar-refractivity contribution in [1.29, 1.82) is 0 Å². The van der Waals surface area contributed by atoms with E-state index in [1.807, 2.05) is 39.0 Å². The summed E-state index contributed by atoms with van der Waals surface area (Å²) in [5.74, 6) is 0.647. The van der Waals surface area contributed by atoms with Gasteiger partial charge in [0.2, 0.25) is 0 Å². The maximum atomic E-state index is 12.5. The molecule has 26 heavy (non-hydrogen) atoms. The largest absolute Gasteiger partial charge is 0.340 e. The Kier molecular flexibility index (Phi) is 4.95. The van der Waals surface area contributed by atoms with Gasteiger partial charge in [0.15, 0.2) is 0 Å². The van der Waals surface area contributed by atoms with Gasteiger partial charge in [-0.3, -0.25) is 4.72 Å². The summed E-state index contributed by atoms with van der Waals surface area (Å²) in [7, 11) is -3.63. The van der Waals surface area contributed by atoms with Crippen LogP contribution in [0.3, 0.4) is 0 Å². The Hall–Kier alpha value is -2.86. The molecule has 2 N–H and O–H groups in total. The third-order valence-electron chi connectivity index (χ3n) is 3.81. The van der Waals surface area contributed by atoms with E-state index in [9.17, 15) is 8.42 Å². The van der Waals surface area contributed by atoms with Crippen molar-refractivity contribution in [3.8, 4) is 0 Å². The summed E-state index contributed by atoms with van der Waals surface area (Å²) in [4.78, 5) is 4.52. The Morgan fingerprint density at radius 2 is 1.54 bits per heavy atom. The lowest BCUT2D eigenvalue weighted by atomic mass is 10.1. The van der Waals surface area contributed by atoms with Gasteiger partial charge in [0.1, 0.15) is 5.82 Å². The second-order valence-corrected chi connectivity index (χ2v) is 8.04. The first kappa shape index (κ1) is 17.9. The van der Waals surface area contributed by atoms with Crippen molar-refractivity contribution in [2.75, 3.05) is 10.0 Å². The van der Waals surface area contributed by atoms with Gasteiger partial charge in [-0.15, -0.1) is 0 Å². The minimum absolute atomic E-state index is 0.231. The second kappa shape index (κ2) is 7.17. The molecule has 1 heterocycles. The van der Waals surface area contributed by atoms with Crippen LogP contribution in [0.15, 0.2) is 65.7 Å². The van der Waals surface area contributed by atoms with Gasteiger partial charge in [0, 0.05) is 5.69 Å². The average Bonchev–Trinajstić information content (AvgIpc) is 2.55. The van der Waals surface area contributed by atoms with Gasteiger partial charge in [0.05, 0.1) is 16.8 Å². The molecule has 0 saturated heterocycles. The van der Waals surface area contributed by atoms with E-state index in [0.29, 0.717) is 11.5 Å². The molecule has 0 spiro atoms. The molecule has 3 aromatic rings. The fourth-order valence-electron chi connectivity index (χ4n) is 2.72. The van der Waals surface area contributed by atoms with Crippen LogP contribution in [0.2, 0.25) is 0 Å². The molecule has 134 valence electrons. The fourth-order valence-corrected chi connectivity index (χ4v) is 3.87. The standard InChI is InChI=1S/C20H21N3O2S/c1-14-5-4-6-19(12-14)26(24,25)23-17-7-8-20(21-13-17)22-18-10-15(2)9-16(3)11-18/h4-13,23H,1-3H3,(H,21,22). The number of aromatic nitrogens is 1. The highest BCUT2D eigenvalue weighted by Gasteiger charge is 2.14. The predicted octanol–water partition coefficient (Wildman–Crippen LogP) is 4.55. The summed E-state index contributed by atoms with van der Waals surface area (Å²) >= 11 is 0. The van der Waals surface area contributed by atoms with Gasteiger partial charge in [-0.25, -0.2) is 13.4 Å². The van der Waals surface area contributed by atoms with E-state index >= 15 is 0 Å². The summed E-state index contributed by atoms with van der Waals surface area (Å²) in [5, 5.41) is 3.23. The highest BCUT2D eigenvalue weighted by Crippen LogP contribution is 2.21. The maximum absolute atomic E-state index is 12.5. The zero-order valence-corrected chi connectivity index (χ0v) is 15.8. The summed E-state index contributed by atoms with van der Waals surface area (Å²) in [5.41, 5.74) is 4.57. The second-order valence-electron chi connectivity index (χ2n) is 6.36. The lowest BCUT2D eigenvalue weighted by Gasteiger charge is -2.10. The molecule has 0 aliphatic rings. The van der Waals surface area contributed by atoms with Gasteiger partial charge in [-0.1, -0.05) is 18.2 Å². The molecular weight excluding hydrogens is 346 g/mol. The van der Waals surface area contributed by atoms with Crippen LogP contribution < -0.4 is 10.0 Å². The van der Waals surface area contributed by atoms with Crippen LogP contribution in [-0.2, 0) is 10.0 Å². The monoisotopic (exact) mass is 367 g/mol. The Bertz CT molecular complexity index is 1010. The number of anilines is 3. The molecule has 0 atom stereocenters. The first-order valence-electron chi connectivity index (χ1n) is 8.23. The lowest BCUT2D eigenvalue weighted by molar-refractivity contribution is 0.601. The van der Waals surface area contributed by atoms with E-state index in [2.05, 4.69) is 21.1 Å². The molecule has 5 nitrogen and oxygen atoms in total. The van der Waals surface area contributed by atoms with Crippen LogP contribution in [0.25, 0.3) is 0 Å². The van der Waals surface area contributed by atoms with E-state index in [1.54, 1.807) is 30.3 Å². The zero-order chi connectivity index (χ0) is 18.7. The van der Waals surface area contributed by atoms with Crippen LogP contribution in [0.5, 0.6) is 0 Å². The molecule has 3 rings (SSSR count). The first-order valence-corrected chi connectivity index (χ1v) is 9.71. The number of nitrogens with zero attached hydrogens (tertiary/aromatic N) is 1. The van der Waals surface area contributed by atoms with E-state index in [1.165, 1.54) is 6.20 Å². The minimum atomic E-state index is -3.63. The first-order chi connectivity index (χ1) is 12.3. The number of nitrogens with one attached hydrogen (secondary N) is 2. The summed E-state index contributed by atoms with van der Waals surface area (Å²) in [6, 6.07) is 16.4. The van der Waals surface area contributed by atoms with Crippen molar-refractivity contribution in [3.05, 3.63) is 77.5 Å². The average molecular weight is 367 g/mol. The quantitative estimate of drug-likeness (QED) is 0.694. The highest BCUT2D eigenvalue weighted by molar-refractivity contribution is 7.92. The van der Waals surface area contributed by atoms with Crippen molar-refractivity contribution >= 4 is 27.2 Å². The SMILES string of the molecule is Cc1cc(C)cc(Nc2ccc(NS(=O)(=O)c3cccc(C)c3)cn2)c1. The third kappa shape index (κ3) is 4.40. The van der Waals surface area contributed by atoms with Crippen LogP contribution in [0.4, 0.5) is 17.2 Å². The lowest BCUT2D eigenvalue weighted by Crippen LogP contribution is -2.13. The molecule has 0 saturated carbocycles. The number of aryl methyl sites for hydroxylation is 3. The summed E-state index contributed by atoms with van der Waals surface area (Å²) < 4.78 is 27.5. The Balaban J connectivity index is 1.75. The highest BCUT2D eigenvalue weighted by atomic mass is 32.2. The fraction of sp³-hybridized carbons (Fsp3) is 0.150. The van der Waals surface area contributed by atoms with Crippen molar-refractivity contribution in [2.45, 2.75) is 25.7 Å². The molecule has 0 fully saturated rings. The molecule has 0 radical (unpaired) electrons. The van der Waals surface area contributed by atoms with Gasteiger partial charge >= 0.3 is 0 Å². The van der Waals surface area contributed by atoms with Gasteiger partial charge < -0.3 is 5.32 Å². The molecule has 6 heteroatoms. The molecule has 0 aliphatic heterocycles. The zero-order valence-electron chi connectivity index (χ0n) is 14.9. The Morgan fingerprint density at radius 3 is 2.15 bits per heavy atom. The van der Waals surface area contributed by atoms with E-state index < -0.39 is 10.0 Å². The van der Waals surface area contributed by atoms with E-state index in [0.717, 1.165) is 22.4 Å². The van der Waals surface area contributed by atoms with Gasteiger partial charge in [0.25, 0.3) is 10.0 Å². The van der Waals surface area contributed by atoms with Crippen LogP contribution >= 0.6 is 0 Å². The molecule has 2 aromatic carbocycles. The topological polar surface area (TPSA) is 71.1 Å². The van der Waals surface area contributed by atoms with Crippen molar-refractivity contribution < 1.29 is 8.42 Å². The smallest absolute Gasteiger partial charge is 0.261 e. The summed E-state index contributed by atoms with van der Waals surface area (Å²) in [6.45, 7) is 5.93. The number of hydrogen-bond acceptors (Lipinski definition) is 4. The third-order valence-corrected chi connectivity index (χ3v) is 5.19. The number of benzene rings is 2. The van der Waals surface area contributed by atoms with Crippen molar-refractivity contribution in [1.82, 2.24) is 4.98 Å². The molecule has 0 bridgehead atoms. The minimum Gasteiger partial charge on any atom is -0.340 e. The van der Waals surface area contributed by atoms with Crippen LogP contribution in [0, 0.1) is 20.8 Å². The number of rotatable bonds is 5. The maximum Gasteiger partial charge on any atom is 0.261 e. The van der Waals surface area contributed by atoms with Gasteiger partial charge in [-0.05, 0) is 73.9 Å². The number of pyridine rings is 1. The Morgan fingerprint density at radius 1 is 0.808 bits per heavy atom. The van der Waals surface area contributed by atoms with Gasteiger partial charge in [-0.2, -0.15) is 0 Å². The van der Waals surface area contributed by atoms with Crippen LogP contribution in [0.1, 0.15) is 16.7 Å². The van der Waals surface area contributed by atoms with Crippen molar-refractivity contribution in [3.63, 3.8) is 0 Å². The molecule has 0 aliphatic carbocycles. The predicted molar refractivity (Wildman–Crippen MR) is 105 cm³/mol. The molecule has 1 aromatic heterocycles. The Labute approximate surface area is 154 Å². The molecule has 0 amide bonds. The number of hydrogen-bond donors (Lipinski definition) is 2. The number of sulfonamides is 1. The van der Waals surface area contributed by atoms with Crippen LogP contribution in [-0.4, -0.2) is 13.4 Å². The van der Waals surface area contributed by atoms with Crippen molar-refractivity contribution in [2.24, 2.45) is 0 Å². The summed E-state index contributed by atoms with van der Waals surface area (Å²) in [6.07, 6.45) is 1.50. The normalized spacial score (nSPS) is 11.2.